The number of thioether (sulfide) groups is 1. The molecule has 8 nitrogen and oxygen atoms in total. The van der Waals surface area contributed by atoms with E-state index < -0.39 is 5.97 Å². The fraction of sp³-hybridized carbons (Fsp3) is 0.500. The van der Waals surface area contributed by atoms with E-state index >= 15 is 0 Å². The van der Waals surface area contributed by atoms with Crippen LogP contribution < -0.4 is 4.74 Å². The first-order valence-corrected chi connectivity index (χ1v) is 7.38. The van der Waals surface area contributed by atoms with E-state index in [1.165, 1.54) is 13.4 Å². The largest absolute Gasteiger partial charge is 0.481 e. The molecular weight excluding hydrogens is 296 g/mol. The molecule has 1 atom stereocenters. The molecule has 0 spiro atoms. The minimum Gasteiger partial charge on any atom is -0.481 e. The number of ether oxygens (including phenoxy) is 2. The third kappa shape index (κ3) is 2.66. The lowest BCUT2D eigenvalue weighted by Crippen LogP contribution is -2.11. The third-order valence-corrected chi connectivity index (χ3v) is 4.14. The molecule has 9 heteroatoms. The van der Waals surface area contributed by atoms with Gasteiger partial charge < -0.3 is 14.6 Å². The number of carboxylic acids is 1. The number of aromatic nitrogens is 4. The van der Waals surface area contributed by atoms with E-state index in [0.717, 1.165) is 18.2 Å². The fourth-order valence-electron chi connectivity index (χ4n) is 2.30. The van der Waals surface area contributed by atoms with Crippen LogP contribution in [-0.4, -0.2) is 56.7 Å². The number of carbonyl (C=O) groups is 1. The molecule has 1 aliphatic rings. The van der Waals surface area contributed by atoms with E-state index in [9.17, 15) is 4.79 Å². The van der Waals surface area contributed by atoms with Crippen LogP contribution in [0.5, 0.6) is 5.88 Å². The highest BCUT2D eigenvalue weighted by atomic mass is 32.2. The molecular formula is C12H14N4O4S. The minimum atomic E-state index is -0.890. The Balaban J connectivity index is 2.09. The number of methoxy groups -OCH3 is 1. The maximum atomic E-state index is 10.8. The standard InChI is InChI=1S/C12H14N4O4S/c1-19-11-9-10(13-6-14-11)16(7-2-3-20-4-7)12(15-9)21-5-8(17)18/h6-7H,2-5H2,1H3,(H,17,18). The number of aliphatic carboxylic acids is 1. The second-order valence-corrected chi connectivity index (χ2v) is 5.46. The Morgan fingerprint density at radius 1 is 1.62 bits per heavy atom. The van der Waals surface area contributed by atoms with E-state index in [2.05, 4.69) is 15.0 Å². The summed E-state index contributed by atoms with van der Waals surface area (Å²) < 4.78 is 12.5. The van der Waals surface area contributed by atoms with Gasteiger partial charge in [-0.3, -0.25) is 9.36 Å². The van der Waals surface area contributed by atoms with Crippen LogP contribution in [0.15, 0.2) is 11.5 Å². The Labute approximate surface area is 124 Å². The van der Waals surface area contributed by atoms with Crippen LogP contribution in [0.1, 0.15) is 12.5 Å². The summed E-state index contributed by atoms with van der Waals surface area (Å²) in [5, 5.41) is 9.47. The van der Waals surface area contributed by atoms with Crippen molar-refractivity contribution in [3.8, 4) is 5.88 Å². The van der Waals surface area contributed by atoms with Crippen molar-refractivity contribution in [1.82, 2.24) is 19.5 Å². The molecule has 1 unspecified atom stereocenters. The Hall–Kier alpha value is -1.87. The zero-order chi connectivity index (χ0) is 14.8. The normalized spacial score (nSPS) is 18.2. The molecule has 2 aromatic rings. The molecule has 2 aromatic heterocycles. The first-order chi connectivity index (χ1) is 10.2. The van der Waals surface area contributed by atoms with Crippen molar-refractivity contribution in [2.45, 2.75) is 17.6 Å². The van der Waals surface area contributed by atoms with Gasteiger partial charge in [-0.2, -0.15) is 4.98 Å². The van der Waals surface area contributed by atoms with Gasteiger partial charge in [0.1, 0.15) is 6.33 Å². The van der Waals surface area contributed by atoms with E-state index in [-0.39, 0.29) is 11.8 Å². The summed E-state index contributed by atoms with van der Waals surface area (Å²) in [6.07, 6.45) is 2.26. The zero-order valence-corrected chi connectivity index (χ0v) is 12.2. The molecule has 0 bridgehead atoms. The predicted octanol–water partition coefficient (Wildman–Crippen LogP) is 0.973. The van der Waals surface area contributed by atoms with Crippen molar-refractivity contribution in [2.75, 3.05) is 26.1 Å². The molecule has 1 saturated heterocycles. The van der Waals surface area contributed by atoms with Gasteiger partial charge in [0.05, 0.1) is 25.5 Å². The zero-order valence-electron chi connectivity index (χ0n) is 11.4. The fourth-order valence-corrected chi connectivity index (χ4v) is 3.08. The number of nitrogens with zero attached hydrogens (tertiary/aromatic N) is 4. The van der Waals surface area contributed by atoms with Crippen LogP contribution in [0.4, 0.5) is 0 Å². The maximum absolute atomic E-state index is 10.8. The van der Waals surface area contributed by atoms with Crippen LogP contribution >= 0.6 is 11.8 Å². The van der Waals surface area contributed by atoms with Crippen molar-refractivity contribution in [3.05, 3.63) is 6.33 Å². The SMILES string of the molecule is COc1ncnc2c1nc(SCC(=O)O)n2C1CCOC1. The van der Waals surface area contributed by atoms with Crippen LogP contribution in [0, 0.1) is 0 Å². The molecule has 21 heavy (non-hydrogen) atoms. The molecule has 0 saturated carbocycles. The van der Waals surface area contributed by atoms with Crippen molar-refractivity contribution >= 4 is 28.9 Å². The van der Waals surface area contributed by atoms with Gasteiger partial charge in [0.2, 0.25) is 5.88 Å². The number of rotatable bonds is 5. The van der Waals surface area contributed by atoms with Crippen molar-refractivity contribution in [3.63, 3.8) is 0 Å². The van der Waals surface area contributed by atoms with E-state index in [1.807, 2.05) is 4.57 Å². The predicted molar refractivity (Wildman–Crippen MR) is 74.7 cm³/mol. The Morgan fingerprint density at radius 2 is 2.48 bits per heavy atom. The average Bonchev–Trinajstić information content (AvgIpc) is 3.10. The first-order valence-electron chi connectivity index (χ1n) is 6.40. The van der Waals surface area contributed by atoms with Crippen molar-refractivity contribution in [1.29, 1.82) is 0 Å². The smallest absolute Gasteiger partial charge is 0.313 e. The lowest BCUT2D eigenvalue weighted by atomic mass is 10.2. The molecule has 0 aromatic carbocycles. The molecule has 112 valence electrons. The van der Waals surface area contributed by atoms with Crippen LogP contribution in [0.2, 0.25) is 0 Å². The Morgan fingerprint density at radius 3 is 3.14 bits per heavy atom. The molecule has 0 aliphatic carbocycles. The van der Waals surface area contributed by atoms with Gasteiger partial charge in [-0.25, -0.2) is 9.97 Å². The van der Waals surface area contributed by atoms with Gasteiger partial charge >= 0.3 is 5.97 Å². The summed E-state index contributed by atoms with van der Waals surface area (Å²) in [4.78, 5) is 23.6. The number of imidazole rings is 1. The topological polar surface area (TPSA) is 99.4 Å². The Bertz CT molecular complexity index is 669. The summed E-state index contributed by atoms with van der Waals surface area (Å²) >= 11 is 1.16. The van der Waals surface area contributed by atoms with Gasteiger partial charge in [0, 0.05) is 6.61 Å². The number of carboxylic acid groups (broad SMARTS) is 1. The molecule has 3 heterocycles. The maximum Gasteiger partial charge on any atom is 0.313 e. The van der Waals surface area contributed by atoms with Crippen LogP contribution in [-0.2, 0) is 9.53 Å². The van der Waals surface area contributed by atoms with Gasteiger partial charge in [-0.15, -0.1) is 0 Å². The highest BCUT2D eigenvalue weighted by Gasteiger charge is 2.26. The summed E-state index contributed by atoms with van der Waals surface area (Å²) in [6.45, 7) is 1.24. The average molecular weight is 310 g/mol. The molecule has 1 fully saturated rings. The monoisotopic (exact) mass is 310 g/mol. The second kappa shape index (κ2) is 5.86. The molecule has 0 amide bonds. The summed E-state index contributed by atoms with van der Waals surface area (Å²) in [6, 6.07) is 0.103. The summed E-state index contributed by atoms with van der Waals surface area (Å²) in [7, 11) is 1.52. The molecule has 0 radical (unpaired) electrons. The first kappa shape index (κ1) is 14.1. The van der Waals surface area contributed by atoms with Gasteiger partial charge in [0.15, 0.2) is 16.3 Å². The summed E-state index contributed by atoms with van der Waals surface area (Å²) in [5.41, 5.74) is 1.19. The number of fused-ring (bicyclic) bond motifs is 1. The van der Waals surface area contributed by atoms with Crippen molar-refractivity contribution in [2.24, 2.45) is 0 Å². The van der Waals surface area contributed by atoms with Gasteiger partial charge in [-0.1, -0.05) is 11.8 Å². The van der Waals surface area contributed by atoms with E-state index in [1.54, 1.807) is 0 Å². The van der Waals surface area contributed by atoms with Crippen LogP contribution in [0.3, 0.4) is 0 Å². The lowest BCUT2D eigenvalue weighted by molar-refractivity contribution is -0.133. The van der Waals surface area contributed by atoms with Crippen molar-refractivity contribution < 1.29 is 19.4 Å². The Kier molecular flexibility index (Phi) is 3.93. The highest BCUT2D eigenvalue weighted by molar-refractivity contribution is 7.99. The second-order valence-electron chi connectivity index (χ2n) is 4.52. The quantitative estimate of drug-likeness (QED) is 0.816. The third-order valence-electron chi connectivity index (χ3n) is 3.20. The number of hydrogen-bond acceptors (Lipinski definition) is 7. The number of hydrogen-bond donors (Lipinski definition) is 1. The molecule has 1 aliphatic heterocycles. The van der Waals surface area contributed by atoms with Gasteiger partial charge in [-0.05, 0) is 6.42 Å². The molecule has 1 N–H and O–H groups in total. The van der Waals surface area contributed by atoms with Crippen LogP contribution in [0.25, 0.3) is 11.2 Å². The van der Waals surface area contributed by atoms with E-state index in [0.29, 0.717) is 35.4 Å². The van der Waals surface area contributed by atoms with E-state index in [4.69, 9.17) is 14.6 Å². The highest BCUT2D eigenvalue weighted by Crippen LogP contribution is 2.32. The molecule has 3 rings (SSSR count). The lowest BCUT2D eigenvalue weighted by Gasteiger charge is -2.13. The van der Waals surface area contributed by atoms with Gasteiger partial charge in [0.25, 0.3) is 0 Å². The summed E-state index contributed by atoms with van der Waals surface area (Å²) in [5.74, 6) is -0.568. The minimum absolute atomic E-state index is 0.0629.